The summed E-state index contributed by atoms with van der Waals surface area (Å²) in [6.45, 7) is 0. The number of furan rings is 1. The maximum absolute atomic E-state index is 12.7. The van der Waals surface area contributed by atoms with Crippen LogP contribution in [0.25, 0.3) is 11.3 Å². The first-order valence-electron chi connectivity index (χ1n) is 3.87. The molecule has 0 aromatic carbocycles. The fourth-order valence-electron chi connectivity index (χ4n) is 1.11. The molecule has 0 saturated carbocycles. The zero-order valence-corrected chi connectivity index (χ0v) is 8.11. The molecule has 0 fully saturated rings. The molecule has 2 aromatic rings. The van der Waals surface area contributed by atoms with Gasteiger partial charge in [0.1, 0.15) is 0 Å². The van der Waals surface area contributed by atoms with Gasteiger partial charge in [0.25, 0.3) is 5.09 Å². The Kier molecular flexibility index (Phi) is 2.24. The van der Waals surface area contributed by atoms with Crippen LogP contribution >= 0.6 is 0 Å². The molecule has 2 heterocycles. The number of hydrogen-bond acceptors (Lipinski definition) is 5. The predicted octanol–water partition coefficient (Wildman–Crippen LogP) is 1.39. The van der Waals surface area contributed by atoms with Crippen LogP contribution in [-0.2, 0) is 10.2 Å². The van der Waals surface area contributed by atoms with Gasteiger partial charge in [-0.3, -0.25) is 9.97 Å². The molecule has 2 aromatic heterocycles. The Morgan fingerprint density at radius 2 is 2.13 bits per heavy atom. The van der Waals surface area contributed by atoms with Crippen LogP contribution in [0.5, 0.6) is 0 Å². The quantitative estimate of drug-likeness (QED) is 0.726. The molecule has 0 spiro atoms. The summed E-state index contributed by atoms with van der Waals surface area (Å²) in [4.78, 5) is 7.58. The van der Waals surface area contributed by atoms with Gasteiger partial charge >= 0.3 is 10.2 Å². The highest BCUT2D eigenvalue weighted by Crippen LogP contribution is 2.27. The first-order valence-corrected chi connectivity index (χ1v) is 5.26. The lowest BCUT2D eigenvalue weighted by Gasteiger charge is -1.96. The Labute approximate surface area is 84.8 Å². The predicted molar refractivity (Wildman–Crippen MR) is 48.0 cm³/mol. The van der Waals surface area contributed by atoms with Crippen molar-refractivity contribution >= 4 is 10.2 Å². The van der Waals surface area contributed by atoms with Crippen molar-refractivity contribution in [3.05, 3.63) is 30.9 Å². The molecule has 5 nitrogen and oxygen atoms in total. The van der Waals surface area contributed by atoms with Gasteiger partial charge in [-0.25, -0.2) is 0 Å². The van der Waals surface area contributed by atoms with Crippen LogP contribution in [0.2, 0.25) is 0 Å². The van der Waals surface area contributed by atoms with Crippen LogP contribution in [0.15, 0.2) is 40.4 Å². The Morgan fingerprint density at radius 1 is 1.33 bits per heavy atom. The third-order valence-corrected chi connectivity index (χ3v) is 2.45. The fraction of sp³-hybridized carbons (Fsp3) is 0. The molecule has 2 rings (SSSR count). The zero-order valence-electron chi connectivity index (χ0n) is 7.29. The summed E-state index contributed by atoms with van der Waals surface area (Å²) in [6, 6.07) is 1.32. The lowest BCUT2D eigenvalue weighted by atomic mass is 10.2. The molecule has 0 bridgehead atoms. The molecule has 7 heteroatoms. The van der Waals surface area contributed by atoms with E-state index < -0.39 is 15.3 Å². The third-order valence-electron chi connectivity index (χ3n) is 1.69. The Balaban J connectivity index is 2.61. The Morgan fingerprint density at radius 3 is 2.73 bits per heavy atom. The Bertz CT molecular complexity index is 565. The minimum atomic E-state index is -4.87. The van der Waals surface area contributed by atoms with Gasteiger partial charge < -0.3 is 4.42 Å². The normalized spacial score (nSPS) is 11.5. The summed E-state index contributed by atoms with van der Waals surface area (Å²) in [5.74, 6) is 0. The van der Waals surface area contributed by atoms with Crippen LogP contribution < -0.4 is 0 Å². The van der Waals surface area contributed by atoms with Crippen molar-refractivity contribution in [2.75, 3.05) is 0 Å². The van der Waals surface area contributed by atoms with Crippen molar-refractivity contribution in [2.45, 2.75) is 5.09 Å². The average Bonchev–Trinajstić information content (AvgIpc) is 2.67. The van der Waals surface area contributed by atoms with Crippen LogP contribution in [0.4, 0.5) is 3.89 Å². The third kappa shape index (κ3) is 1.86. The van der Waals surface area contributed by atoms with E-state index >= 15 is 0 Å². The number of halogens is 1. The van der Waals surface area contributed by atoms with E-state index in [4.69, 9.17) is 0 Å². The second-order valence-electron chi connectivity index (χ2n) is 2.65. The van der Waals surface area contributed by atoms with E-state index in [2.05, 4.69) is 14.4 Å². The molecule has 0 aliphatic rings. The summed E-state index contributed by atoms with van der Waals surface area (Å²) < 4.78 is 38.6. The lowest BCUT2D eigenvalue weighted by Crippen LogP contribution is -1.93. The van der Waals surface area contributed by atoms with Crippen molar-refractivity contribution < 1.29 is 16.7 Å². The smallest absolute Gasteiger partial charge is 0.366 e. The fourth-order valence-corrected chi connectivity index (χ4v) is 1.72. The van der Waals surface area contributed by atoms with E-state index in [1.54, 1.807) is 0 Å². The van der Waals surface area contributed by atoms with E-state index in [0.717, 1.165) is 6.26 Å². The molecule has 0 aliphatic heterocycles. The molecule has 0 radical (unpaired) electrons. The molecule has 0 unspecified atom stereocenters. The topological polar surface area (TPSA) is 73.1 Å². The largest absolute Gasteiger partial charge is 0.450 e. The van der Waals surface area contributed by atoms with Gasteiger partial charge in [0.15, 0.2) is 0 Å². The first-order chi connectivity index (χ1) is 7.09. The number of rotatable bonds is 2. The summed E-state index contributed by atoms with van der Waals surface area (Å²) in [7, 11) is -4.87. The molecule has 0 saturated heterocycles. The van der Waals surface area contributed by atoms with Crippen molar-refractivity contribution in [3.8, 4) is 11.3 Å². The van der Waals surface area contributed by atoms with Crippen LogP contribution in [0.1, 0.15) is 0 Å². The molecule has 0 amide bonds. The SMILES string of the molecule is O=S(=O)(F)c1occc1-c1cnccn1. The highest BCUT2D eigenvalue weighted by atomic mass is 32.3. The number of aromatic nitrogens is 2. The molecular formula is C8H5FN2O3S. The van der Waals surface area contributed by atoms with Gasteiger partial charge in [-0.1, -0.05) is 3.89 Å². The van der Waals surface area contributed by atoms with E-state index in [1.807, 2.05) is 0 Å². The zero-order chi connectivity index (χ0) is 10.9. The van der Waals surface area contributed by atoms with Gasteiger partial charge in [-0.15, -0.1) is 0 Å². The lowest BCUT2D eigenvalue weighted by molar-refractivity contribution is 0.436. The van der Waals surface area contributed by atoms with Gasteiger partial charge in [0.05, 0.1) is 23.7 Å². The highest BCUT2D eigenvalue weighted by molar-refractivity contribution is 7.86. The monoisotopic (exact) mass is 228 g/mol. The first kappa shape index (κ1) is 9.78. The molecule has 78 valence electrons. The summed E-state index contributed by atoms with van der Waals surface area (Å²) in [5, 5.41) is -0.747. The van der Waals surface area contributed by atoms with Crippen molar-refractivity contribution in [3.63, 3.8) is 0 Å². The number of hydrogen-bond donors (Lipinski definition) is 0. The van der Waals surface area contributed by atoms with E-state index in [-0.39, 0.29) is 11.3 Å². The van der Waals surface area contributed by atoms with Gasteiger partial charge in [0.2, 0.25) is 0 Å². The second-order valence-corrected chi connectivity index (χ2v) is 3.90. The van der Waals surface area contributed by atoms with Crippen LogP contribution in [0.3, 0.4) is 0 Å². The van der Waals surface area contributed by atoms with Crippen molar-refractivity contribution in [1.82, 2.24) is 9.97 Å². The van der Waals surface area contributed by atoms with E-state index in [0.29, 0.717) is 0 Å². The standard InChI is InChI=1S/C8H5FN2O3S/c9-15(12,13)8-6(1-4-14-8)7-5-10-2-3-11-7/h1-5H. The molecule has 0 N–H and O–H groups in total. The van der Waals surface area contributed by atoms with Gasteiger partial charge in [-0.05, 0) is 6.07 Å². The highest BCUT2D eigenvalue weighted by Gasteiger charge is 2.23. The van der Waals surface area contributed by atoms with E-state index in [9.17, 15) is 12.3 Å². The van der Waals surface area contributed by atoms with E-state index in [1.165, 1.54) is 24.7 Å². The number of nitrogens with zero attached hydrogens (tertiary/aromatic N) is 2. The van der Waals surface area contributed by atoms with Gasteiger partial charge in [0, 0.05) is 12.4 Å². The average molecular weight is 228 g/mol. The van der Waals surface area contributed by atoms with Crippen LogP contribution in [-0.4, -0.2) is 18.4 Å². The second kappa shape index (κ2) is 3.43. The minimum absolute atomic E-state index is 0.0607. The summed E-state index contributed by atoms with van der Waals surface area (Å²) in [5.41, 5.74) is 0.299. The molecular weight excluding hydrogens is 223 g/mol. The Hall–Kier alpha value is -1.76. The minimum Gasteiger partial charge on any atom is -0.450 e. The summed E-state index contributed by atoms with van der Waals surface area (Å²) >= 11 is 0. The molecule has 15 heavy (non-hydrogen) atoms. The molecule has 0 aliphatic carbocycles. The van der Waals surface area contributed by atoms with Crippen molar-refractivity contribution in [1.29, 1.82) is 0 Å². The maximum atomic E-state index is 12.7. The van der Waals surface area contributed by atoms with Crippen molar-refractivity contribution in [2.24, 2.45) is 0 Å². The summed E-state index contributed by atoms with van der Waals surface area (Å²) in [6.07, 6.45) is 5.19. The maximum Gasteiger partial charge on any atom is 0.366 e. The van der Waals surface area contributed by atoms with Crippen LogP contribution in [0, 0.1) is 0 Å². The van der Waals surface area contributed by atoms with Gasteiger partial charge in [-0.2, -0.15) is 8.42 Å². The molecule has 0 atom stereocenters.